The summed E-state index contributed by atoms with van der Waals surface area (Å²) in [4.78, 5) is 20.7. The molecule has 1 fully saturated rings. The number of amides is 1. The fourth-order valence-electron chi connectivity index (χ4n) is 2.92. The van der Waals surface area contributed by atoms with Crippen molar-refractivity contribution in [1.82, 2.24) is 30.2 Å². The molecule has 1 aliphatic rings. The Morgan fingerprint density at radius 3 is 2.55 bits per heavy atom. The number of nitrogens with one attached hydrogen (secondary N) is 2. The van der Waals surface area contributed by atoms with Crippen LogP contribution in [-0.2, 0) is 11.8 Å². The maximum absolute atomic E-state index is 12.1. The standard InChI is InChI=1S/C19H35N7O2.HI/c1-8-20-17(21-10-16(24(5)6)14-9-22-25(7)11-14)23-15-12-26(13-15)18(27)28-19(2,3)4;/h9,11,15-16H,8,10,12-13H2,1-7H3,(H2,20,21,23);1H. The first-order chi connectivity index (χ1) is 13.1. The Hall–Kier alpha value is -1.56. The van der Waals surface area contributed by atoms with Crippen molar-refractivity contribution in [2.24, 2.45) is 12.0 Å². The molecule has 0 saturated carbocycles. The van der Waals surface area contributed by atoms with Gasteiger partial charge >= 0.3 is 6.09 Å². The summed E-state index contributed by atoms with van der Waals surface area (Å²) in [6.07, 6.45) is 3.63. The van der Waals surface area contributed by atoms with Crippen LogP contribution in [0.5, 0.6) is 0 Å². The molecule has 0 radical (unpaired) electrons. The van der Waals surface area contributed by atoms with Gasteiger partial charge in [0.15, 0.2) is 5.96 Å². The number of halogens is 1. The number of aromatic nitrogens is 2. The SMILES string of the molecule is CCNC(=NCC(c1cnn(C)c1)N(C)C)NC1CN(C(=O)OC(C)(C)C)C1.I. The minimum Gasteiger partial charge on any atom is -0.444 e. The molecule has 0 aliphatic carbocycles. The van der Waals surface area contributed by atoms with Crippen molar-refractivity contribution >= 4 is 36.0 Å². The molecule has 2 heterocycles. The van der Waals surface area contributed by atoms with Gasteiger partial charge in [-0.15, -0.1) is 24.0 Å². The Bertz CT molecular complexity index is 678. The second-order valence-electron chi connectivity index (χ2n) is 8.37. The molecular weight excluding hydrogens is 485 g/mol. The maximum atomic E-state index is 12.1. The average molecular weight is 521 g/mol. The molecule has 0 bridgehead atoms. The zero-order valence-electron chi connectivity index (χ0n) is 18.6. The quantitative estimate of drug-likeness (QED) is 0.338. The highest BCUT2D eigenvalue weighted by molar-refractivity contribution is 14.0. The van der Waals surface area contributed by atoms with Gasteiger partial charge in [0.2, 0.25) is 0 Å². The smallest absolute Gasteiger partial charge is 0.410 e. The number of rotatable bonds is 6. The van der Waals surface area contributed by atoms with E-state index in [0.717, 1.165) is 18.1 Å². The van der Waals surface area contributed by atoms with E-state index in [0.29, 0.717) is 19.6 Å². The van der Waals surface area contributed by atoms with Crippen LogP contribution in [0.1, 0.15) is 39.3 Å². The van der Waals surface area contributed by atoms with Crippen LogP contribution in [0.25, 0.3) is 0 Å². The van der Waals surface area contributed by atoms with Gasteiger partial charge in [-0.3, -0.25) is 9.67 Å². The minimum absolute atomic E-state index is 0. The zero-order valence-corrected chi connectivity index (χ0v) is 20.9. The largest absolute Gasteiger partial charge is 0.444 e. The summed E-state index contributed by atoms with van der Waals surface area (Å²) < 4.78 is 7.20. The summed E-state index contributed by atoms with van der Waals surface area (Å²) >= 11 is 0. The number of likely N-dealkylation sites (N-methyl/N-ethyl adjacent to an activating group) is 1. The van der Waals surface area contributed by atoms with Crippen LogP contribution in [0, 0.1) is 0 Å². The Balaban J connectivity index is 0.00000420. The minimum atomic E-state index is -0.473. The van der Waals surface area contributed by atoms with Crippen LogP contribution in [0.4, 0.5) is 4.79 Å². The lowest BCUT2D eigenvalue weighted by molar-refractivity contribution is 0.00700. The third kappa shape index (κ3) is 8.00. The number of hydrogen-bond acceptors (Lipinski definition) is 5. The van der Waals surface area contributed by atoms with Crippen molar-refractivity contribution in [3.8, 4) is 0 Å². The number of likely N-dealkylation sites (tertiary alicyclic amines) is 1. The Morgan fingerprint density at radius 2 is 2.07 bits per heavy atom. The summed E-state index contributed by atoms with van der Waals surface area (Å²) in [5.41, 5.74) is 0.659. The fourth-order valence-corrected chi connectivity index (χ4v) is 2.92. The van der Waals surface area contributed by atoms with Gasteiger partial charge < -0.3 is 25.2 Å². The molecule has 0 spiro atoms. The fraction of sp³-hybridized carbons (Fsp3) is 0.737. The molecule has 0 aromatic carbocycles. The van der Waals surface area contributed by atoms with Crippen molar-refractivity contribution in [3.05, 3.63) is 18.0 Å². The number of aryl methyl sites for hydroxylation is 1. The van der Waals surface area contributed by atoms with E-state index in [4.69, 9.17) is 9.73 Å². The third-order valence-electron chi connectivity index (χ3n) is 4.37. The van der Waals surface area contributed by atoms with Crippen molar-refractivity contribution in [1.29, 1.82) is 0 Å². The van der Waals surface area contributed by atoms with Crippen LogP contribution < -0.4 is 10.6 Å². The number of carbonyl (C=O) groups excluding carboxylic acids is 1. The number of hydrogen-bond donors (Lipinski definition) is 2. The van der Waals surface area contributed by atoms with Gasteiger partial charge in [0.05, 0.1) is 24.8 Å². The van der Waals surface area contributed by atoms with E-state index in [9.17, 15) is 4.79 Å². The molecule has 2 N–H and O–H groups in total. The molecule has 1 unspecified atom stereocenters. The highest BCUT2D eigenvalue weighted by Gasteiger charge is 2.34. The monoisotopic (exact) mass is 521 g/mol. The Kier molecular flexibility index (Phi) is 9.66. The van der Waals surface area contributed by atoms with Crippen LogP contribution in [0.15, 0.2) is 17.4 Å². The summed E-state index contributed by atoms with van der Waals surface area (Å²) in [6, 6.07) is 0.310. The number of carbonyl (C=O) groups is 1. The number of aliphatic imine (C=N–C) groups is 1. The van der Waals surface area contributed by atoms with E-state index in [-0.39, 0.29) is 42.2 Å². The van der Waals surface area contributed by atoms with Gasteiger partial charge in [-0.1, -0.05) is 0 Å². The summed E-state index contributed by atoms with van der Waals surface area (Å²) in [6.45, 7) is 10.3. The van der Waals surface area contributed by atoms with Gasteiger partial charge in [0.1, 0.15) is 5.60 Å². The molecule has 1 aromatic heterocycles. The predicted octanol–water partition coefficient (Wildman–Crippen LogP) is 1.82. The average Bonchev–Trinajstić information content (AvgIpc) is 2.94. The van der Waals surface area contributed by atoms with Crippen LogP contribution >= 0.6 is 24.0 Å². The van der Waals surface area contributed by atoms with Gasteiger partial charge in [-0.2, -0.15) is 5.10 Å². The summed E-state index contributed by atoms with van der Waals surface area (Å²) in [5.74, 6) is 0.757. The molecule has 9 nitrogen and oxygen atoms in total. The number of nitrogens with zero attached hydrogens (tertiary/aromatic N) is 5. The summed E-state index contributed by atoms with van der Waals surface area (Å²) in [7, 11) is 5.99. The summed E-state index contributed by atoms with van der Waals surface area (Å²) in [5, 5.41) is 10.9. The van der Waals surface area contributed by atoms with E-state index in [1.54, 1.807) is 9.58 Å². The second-order valence-corrected chi connectivity index (χ2v) is 8.37. The third-order valence-corrected chi connectivity index (χ3v) is 4.37. The van der Waals surface area contributed by atoms with Crippen LogP contribution in [0.3, 0.4) is 0 Å². The van der Waals surface area contributed by atoms with Crippen molar-refractivity contribution in [2.75, 3.05) is 40.3 Å². The van der Waals surface area contributed by atoms with E-state index < -0.39 is 5.60 Å². The van der Waals surface area contributed by atoms with Gasteiger partial charge in [0, 0.05) is 38.4 Å². The predicted molar refractivity (Wildman–Crippen MR) is 126 cm³/mol. The number of guanidine groups is 1. The zero-order chi connectivity index (χ0) is 20.9. The highest BCUT2D eigenvalue weighted by atomic mass is 127. The van der Waals surface area contributed by atoms with Gasteiger partial charge in [-0.05, 0) is 41.8 Å². The van der Waals surface area contributed by atoms with Crippen molar-refractivity contribution in [3.63, 3.8) is 0 Å². The molecule has 1 saturated heterocycles. The van der Waals surface area contributed by atoms with Crippen molar-refractivity contribution < 1.29 is 9.53 Å². The molecule has 1 atom stereocenters. The Morgan fingerprint density at radius 1 is 1.41 bits per heavy atom. The lowest BCUT2D eigenvalue weighted by Crippen LogP contribution is -2.63. The number of ether oxygens (including phenoxy) is 1. The highest BCUT2D eigenvalue weighted by Crippen LogP contribution is 2.18. The molecule has 1 aromatic rings. The molecule has 29 heavy (non-hydrogen) atoms. The van der Waals surface area contributed by atoms with E-state index in [1.807, 2.05) is 61.2 Å². The topological polar surface area (TPSA) is 87.0 Å². The van der Waals surface area contributed by atoms with Crippen molar-refractivity contribution in [2.45, 2.75) is 45.4 Å². The molecular formula is C19H36IN7O2. The first-order valence-corrected chi connectivity index (χ1v) is 9.76. The lowest BCUT2D eigenvalue weighted by atomic mass is 10.1. The van der Waals surface area contributed by atoms with Gasteiger partial charge in [-0.25, -0.2) is 4.79 Å². The first kappa shape index (κ1) is 25.5. The van der Waals surface area contributed by atoms with E-state index >= 15 is 0 Å². The molecule has 1 aliphatic heterocycles. The maximum Gasteiger partial charge on any atom is 0.410 e. The van der Waals surface area contributed by atoms with Crippen LogP contribution in [-0.4, -0.2) is 83.6 Å². The molecule has 10 heteroatoms. The van der Waals surface area contributed by atoms with E-state index in [1.165, 1.54) is 0 Å². The lowest BCUT2D eigenvalue weighted by Gasteiger charge is -2.40. The van der Waals surface area contributed by atoms with Gasteiger partial charge in [0.25, 0.3) is 0 Å². The van der Waals surface area contributed by atoms with Crippen LogP contribution in [0.2, 0.25) is 0 Å². The molecule has 166 valence electrons. The Labute approximate surface area is 191 Å². The normalized spacial score (nSPS) is 16.1. The second kappa shape index (κ2) is 11.0. The molecule has 1 amide bonds. The molecule has 2 rings (SSSR count). The van der Waals surface area contributed by atoms with E-state index in [2.05, 4.69) is 20.6 Å². The first-order valence-electron chi connectivity index (χ1n) is 9.76.